The van der Waals surface area contributed by atoms with Gasteiger partial charge >= 0.3 is 0 Å². The average molecular weight is 313 g/mol. The second-order valence-corrected chi connectivity index (χ2v) is 5.39. The maximum Gasteiger partial charge on any atom is 0.271 e. The molecule has 0 unspecified atom stereocenters. The molecule has 0 N–H and O–H groups in total. The first-order valence-electron chi connectivity index (χ1n) is 6.64. The van der Waals surface area contributed by atoms with Crippen molar-refractivity contribution in [2.75, 3.05) is 19.7 Å². The van der Waals surface area contributed by atoms with Crippen LogP contribution in [0.5, 0.6) is 5.75 Å². The number of nitrogens with zero attached hydrogens (tertiary/aromatic N) is 2. The molecule has 0 bridgehead atoms. The van der Waals surface area contributed by atoms with Crippen molar-refractivity contribution in [1.82, 2.24) is 4.90 Å². The first kappa shape index (κ1) is 15.6. The van der Waals surface area contributed by atoms with E-state index in [9.17, 15) is 10.1 Å². The molecular formula is C14H17ClN2O4. The van der Waals surface area contributed by atoms with Gasteiger partial charge in [0.1, 0.15) is 24.4 Å². The number of nitro benzene ring substituents is 1. The Kier molecular flexibility index (Phi) is 5.03. The molecule has 6 nitrogen and oxygen atoms in total. The smallest absolute Gasteiger partial charge is 0.271 e. The lowest BCUT2D eigenvalue weighted by molar-refractivity contribution is -0.384. The molecule has 0 spiro atoms. The Morgan fingerprint density at radius 2 is 2.29 bits per heavy atom. The molecule has 1 aliphatic heterocycles. The van der Waals surface area contributed by atoms with Crippen molar-refractivity contribution >= 4 is 17.3 Å². The van der Waals surface area contributed by atoms with Gasteiger partial charge in [-0.25, -0.2) is 0 Å². The molecule has 114 valence electrons. The summed E-state index contributed by atoms with van der Waals surface area (Å²) in [5.74, 6) is 1.07. The van der Waals surface area contributed by atoms with Crippen LogP contribution in [-0.2, 0) is 4.74 Å². The summed E-state index contributed by atoms with van der Waals surface area (Å²) < 4.78 is 11.0. The first-order chi connectivity index (χ1) is 9.97. The van der Waals surface area contributed by atoms with Crippen LogP contribution in [0.25, 0.3) is 0 Å². The molecule has 0 aliphatic carbocycles. The lowest BCUT2D eigenvalue weighted by atomic mass is 10.3. The predicted octanol–water partition coefficient (Wildman–Crippen LogP) is 3.21. The van der Waals surface area contributed by atoms with E-state index in [4.69, 9.17) is 21.1 Å². The zero-order chi connectivity index (χ0) is 15.4. The molecule has 0 amide bonds. The Morgan fingerprint density at radius 1 is 1.52 bits per heavy atom. The zero-order valence-electron chi connectivity index (χ0n) is 11.9. The largest absolute Gasteiger partial charge is 0.492 e. The second-order valence-electron chi connectivity index (χ2n) is 4.99. The van der Waals surface area contributed by atoms with Crippen molar-refractivity contribution in [2.45, 2.75) is 19.9 Å². The van der Waals surface area contributed by atoms with Crippen LogP contribution >= 0.6 is 11.6 Å². The maximum absolute atomic E-state index is 10.6. The van der Waals surface area contributed by atoms with Crippen molar-refractivity contribution in [3.63, 3.8) is 0 Å². The Morgan fingerprint density at radius 3 is 2.90 bits per heavy atom. The highest BCUT2D eigenvalue weighted by atomic mass is 35.5. The van der Waals surface area contributed by atoms with E-state index >= 15 is 0 Å². The van der Waals surface area contributed by atoms with E-state index in [0.29, 0.717) is 30.7 Å². The summed E-state index contributed by atoms with van der Waals surface area (Å²) in [5, 5.41) is 10.8. The molecule has 1 aliphatic rings. The summed E-state index contributed by atoms with van der Waals surface area (Å²) in [6, 6.07) is 4.51. The van der Waals surface area contributed by atoms with Gasteiger partial charge in [-0.3, -0.25) is 15.0 Å². The van der Waals surface area contributed by atoms with Gasteiger partial charge in [0, 0.05) is 24.7 Å². The SMILES string of the molecule is CC(C)N1CCOC(=COc2ccc([N+](=O)[O-])cc2Cl)C1. The summed E-state index contributed by atoms with van der Waals surface area (Å²) in [4.78, 5) is 12.4. The van der Waals surface area contributed by atoms with Gasteiger partial charge in [0.05, 0.1) is 16.5 Å². The van der Waals surface area contributed by atoms with E-state index in [2.05, 4.69) is 18.7 Å². The van der Waals surface area contributed by atoms with Crippen LogP contribution < -0.4 is 4.74 Å². The standard InChI is InChI=1S/C14H17ClN2O4/c1-10(2)16-5-6-20-12(8-16)9-21-14-4-3-11(17(18)19)7-13(14)15/h3-4,7,9-10H,5-6,8H2,1-2H3. The molecule has 21 heavy (non-hydrogen) atoms. The topological polar surface area (TPSA) is 64.8 Å². The van der Waals surface area contributed by atoms with Gasteiger partial charge in [0.2, 0.25) is 0 Å². The highest BCUT2D eigenvalue weighted by molar-refractivity contribution is 6.32. The summed E-state index contributed by atoms with van der Waals surface area (Å²) in [6.45, 7) is 6.41. The van der Waals surface area contributed by atoms with Crippen molar-refractivity contribution in [3.8, 4) is 5.75 Å². The van der Waals surface area contributed by atoms with E-state index < -0.39 is 4.92 Å². The number of hydrogen-bond donors (Lipinski definition) is 0. The van der Waals surface area contributed by atoms with Gasteiger partial charge in [0.25, 0.3) is 5.69 Å². The Balaban J connectivity index is 2.05. The number of morpholine rings is 1. The average Bonchev–Trinajstić information content (AvgIpc) is 2.46. The number of halogens is 1. The highest BCUT2D eigenvalue weighted by Crippen LogP contribution is 2.29. The number of benzene rings is 1. The monoisotopic (exact) mass is 312 g/mol. The highest BCUT2D eigenvalue weighted by Gasteiger charge is 2.18. The molecule has 0 aromatic heterocycles. The van der Waals surface area contributed by atoms with E-state index in [1.807, 2.05) is 0 Å². The fraction of sp³-hybridized carbons (Fsp3) is 0.429. The van der Waals surface area contributed by atoms with E-state index in [1.54, 1.807) is 0 Å². The molecule has 2 rings (SSSR count). The molecular weight excluding hydrogens is 296 g/mol. The quantitative estimate of drug-likeness (QED) is 0.485. The van der Waals surface area contributed by atoms with Crippen molar-refractivity contribution in [1.29, 1.82) is 0 Å². The zero-order valence-corrected chi connectivity index (χ0v) is 12.7. The normalized spacial score (nSPS) is 17.8. The number of rotatable bonds is 4. The summed E-state index contributed by atoms with van der Waals surface area (Å²) in [6.07, 6.45) is 1.50. The van der Waals surface area contributed by atoms with Crippen LogP contribution in [0, 0.1) is 10.1 Å². The summed E-state index contributed by atoms with van der Waals surface area (Å²) >= 11 is 5.96. The third-order valence-electron chi connectivity index (χ3n) is 3.20. The molecule has 1 fully saturated rings. The number of ether oxygens (including phenoxy) is 2. The molecule has 7 heteroatoms. The molecule has 0 saturated carbocycles. The fourth-order valence-corrected chi connectivity index (χ4v) is 2.18. The van der Waals surface area contributed by atoms with E-state index in [1.165, 1.54) is 24.5 Å². The minimum absolute atomic E-state index is 0.0695. The lowest BCUT2D eigenvalue weighted by Crippen LogP contribution is -2.39. The molecule has 1 aromatic carbocycles. The number of non-ortho nitro benzene ring substituents is 1. The summed E-state index contributed by atoms with van der Waals surface area (Å²) in [7, 11) is 0. The van der Waals surface area contributed by atoms with E-state index in [0.717, 1.165) is 6.54 Å². The first-order valence-corrected chi connectivity index (χ1v) is 7.01. The van der Waals surface area contributed by atoms with Crippen LogP contribution in [0.3, 0.4) is 0 Å². The van der Waals surface area contributed by atoms with Gasteiger partial charge < -0.3 is 9.47 Å². The third kappa shape index (κ3) is 4.09. The van der Waals surface area contributed by atoms with Crippen LogP contribution in [0.2, 0.25) is 5.02 Å². The minimum Gasteiger partial charge on any atom is -0.492 e. The molecule has 1 saturated heterocycles. The van der Waals surface area contributed by atoms with E-state index in [-0.39, 0.29) is 10.7 Å². The Labute approximate surface area is 128 Å². The summed E-state index contributed by atoms with van der Waals surface area (Å²) in [5.41, 5.74) is -0.0695. The van der Waals surface area contributed by atoms with Gasteiger partial charge in [-0.1, -0.05) is 11.6 Å². The maximum atomic E-state index is 10.6. The minimum atomic E-state index is -0.501. The molecule has 0 atom stereocenters. The van der Waals surface area contributed by atoms with Crippen molar-refractivity contribution in [3.05, 3.63) is 45.4 Å². The van der Waals surface area contributed by atoms with Crippen molar-refractivity contribution in [2.24, 2.45) is 0 Å². The second kappa shape index (κ2) is 6.78. The molecule has 0 radical (unpaired) electrons. The lowest BCUT2D eigenvalue weighted by Gasteiger charge is -2.31. The van der Waals surface area contributed by atoms with Crippen molar-refractivity contribution < 1.29 is 14.4 Å². The molecule has 1 aromatic rings. The van der Waals surface area contributed by atoms with Crippen LogP contribution in [0.4, 0.5) is 5.69 Å². The van der Waals surface area contributed by atoms with Crippen LogP contribution in [0.15, 0.2) is 30.2 Å². The van der Waals surface area contributed by atoms with Crippen LogP contribution in [-0.4, -0.2) is 35.6 Å². The molecule has 1 heterocycles. The number of nitro groups is 1. The van der Waals surface area contributed by atoms with Gasteiger partial charge in [-0.05, 0) is 19.9 Å². The third-order valence-corrected chi connectivity index (χ3v) is 3.49. The predicted molar refractivity (Wildman–Crippen MR) is 79.5 cm³/mol. The van der Waals surface area contributed by atoms with Crippen LogP contribution in [0.1, 0.15) is 13.8 Å². The van der Waals surface area contributed by atoms with Gasteiger partial charge in [-0.2, -0.15) is 0 Å². The van der Waals surface area contributed by atoms with Gasteiger partial charge in [-0.15, -0.1) is 0 Å². The Hall–Kier alpha value is -1.79. The number of hydrogen-bond acceptors (Lipinski definition) is 5. The Bertz CT molecular complexity index is 560. The fourth-order valence-electron chi connectivity index (χ4n) is 1.96. The van der Waals surface area contributed by atoms with Gasteiger partial charge in [0.15, 0.2) is 0 Å².